The summed E-state index contributed by atoms with van der Waals surface area (Å²) in [6, 6.07) is 4.53. The highest BCUT2D eigenvalue weighted by atomic mass is 19.1. The summed E-state index contributed by atoms with van der Waals surface area (Å²) >= 11 is 0. The molecule has 0 radical (unpaired) electrons. The van der Waals surface area contributed by atoms with Gasteiger partial charge in [-0.15, -0.1) is 0 Å². The fourth-order valence-corrected chi connectivity index (χ4v) is 2.29. The van der Waals surface area contributed by atoms with Crippen LogP contribution in [-0.2, 0) is 0 Å². The van der Waals surface area contributed by atoms with Crippen molar-refractivity contribution in [3.05, 3.63) is 29.6 Å². The molecule has 0 unspecified atom stereocenters. The van der Waals surface area contributed by atoms with Gasteiger partial charge in [0.25, 0.3) is 5.91 Å². The number of para-hydroxylation sites is 1. The van der Waals surface area contributed by atoms with Crippen LogP contribution < -0.4 is 10.6 Å². The minimum absolute atomic E-state index is 0.214. The topological polar surface area (TPSA) is 41.1 Å². The normalized spacial score (nSPS) is 11.2. The van der Waals surface area contributed by atoms with Crippen LogP contribution in [0.4, 0.5) is 10.1 Å². The number of anilines is 1. The number of nitrogens with one attached hydrogen (secondary N) is 2. The summed E-state index contributed by atoms with van der Waals surface area (Å²) in [5.41, 5.74) is 0.383. The molecule has 0 bridgehead atoms. The summed E-state index contributed by atoms with van der Waals surface area (Å²) in [7, 11) is 1.61. The lowest BCUT2D eigenvalue weighted by molar-refractivity contribution is 0.0888. The molecule has 19 heavy (non-hydrogen) atoms. The van der Waals surface area contributed by atoms with Crippen LogP contribution in [0.5, 0.6) is 0 Å². The van der Waals surface area contributed by atoms with Gasteiger partial charge in [0.2, 0.25) is 0 Å². The Morgan fingerprint density at radius 3 is 2.26 bits per heavy atom. The van der Waals surface area contributed by atoms with Gasteiger partial charge in [-0.2, -0.15) is 0 Å². The van der Waals surface area contributed by atoms with E-state index >= 15 is 0 Å². The predicted octanol–water partition coefficient (Wildman–Crippen LogP) is 3.57. The summed E-state index contributed by atoms with van der Waals surface area (Å²) in [4.78, 5) is 12.4. The zero-order valence-corrected chi connectivity index (χ0v) is 12.1. The first-order chi connectivity index (χ1) is 9.03. The molecular weight excluding hydrogens is 243 g/mol. The Balaban J connectivity index is 3.04. The Morgan fingerprint density at radius 2 is 1.79 bits per heavy atom. The molecular formula is C15H23FN2O. The number of benzene rings is 1. The Morgan fingerprint density at radius 1 is 1.21 bits per heavy atom. The van der Waals surface area contributed by atoms with Gasteiger partial charge in [-0.25, -0.2) is 4.39 Å². The van der Waals surface area contributed by atoms with Crippen molar-refractivity contribution in [1.29, 1.82) is 0 Å². The van der Waals surface area contributed by atoms with Crippen LogP contribution in [0.15, 0.2) is 18.2 Å². The number of rotatable bonds is 6. The van der Waals surface area contributed by atoms with Crippen molar-refractivity contribution >= 4 is 11.6 Å². The molecule has 1 aromatic carbocycles. The van der Waals surface area contributed by atoms with Gasteiger partial charge in [-0.3, -0.25) is 4.79 Å². The molecule has 0 saturated carbocycles. The van der Waals surface area contributed by atoms with Gasteiger partial charge in [0.05, 0.1) is 11.3 Å². The Hall–Kier alpha value is -1.58. The van der Waals surface area contributed by atoms with Gasteiger partial charge < -0.3 is 10.6 Å². The molecule has 0 aliphatic heterocycles. The lowest BCUT2D eigenvalue weighted by Gasteiger charge is -2.32. The molecule has 0 aliphatic carbocycles. The highest BCUT2D eigenvalue weighted by Crippen LogP contribution is 2.23. The lowest BCUT2D eigenvalue weighted by atomic mass is 9.89. The van der Waals surface area contributed by atoms with Crippen molar-refractivity contribution in [2.45, 2.75) is 45.6 Å². The van der Waals surface area contributed by atoms with E-state index in [-0.39, 0.29) is 17.1 Å². The van der Waals surface area contributed by atoms with Crippen LogP contribution >= 0.6 is 0 Å². The first kappa shape index (κ1) is 15.5. The maximum Gasteiger partial charge on any atom is 0.253 e. The molecule has 1 aromatic rings. The zero-order chi connectivity index (χ0) is 14.5. The molecule has 0 aromatic heterocycles. The molecule has 0 saturated heterocycles. The summed E-state index contributed by atoms with van der Waals surface area (Å²) in [5, 5.41) is 5.80. The van der Waals surface area contributed by atoms with E-state index in [1.165, 1.54) is 6.07 Å². The van der Waals surface area contributed by atoms with Crippen LogP contribution in [-0.4, -0.2) is 18.5 Å². The first-order valence-electron chi connectivity index (χ1n) is 6.82. The maximum atomic E-state index is 13.6. The number of amides is 1. The third kappa shape index (κ3) is 3.25. The molecule has 106 valence electrons. The van der Waals surface area contributed by atoms with E-state index in [9.17, 15) is 9.18 Å². The van der Waals surface area contributed by atoms with Crippen LogP contribution in [0.2, 0.25) is 0 Å². The largest absolute Gasteiger partial charge is 0.385 e. The summed E-state index contributed by atoms with van der Waals surface area (Å²) < 4.78 is 13.6. The van der Waals surface area contributed by atoms with Crippen molar-refractivity contribution in [2.75, 3.05) is 12.4 Å². The standard InChI is InChI=1S/C15H23FN2O/c1-5-15(6-2,7-3)18-14(19)11-9-8-10-12(16)13(11)17-4/h8-10,17H,5-7H2,1-4H3,(H,18,19). The smallest absolute Gasteiger partial charge is 0.253 e. The van der Waals surface area contributed by atoms with Crippen molar-refractivity contribution in [3.8, 4) is 0 Å². The van der Waals surface area contributed by atoms with E-state index in [0.717, 1.165) is 19.3 Å². The average molecular weight is 266 g/mol. The van der Waals surface area contributed by atoms with Crippen LogP contribution in [0.3, 0.4) is 0 Å². The first-order valence-corrected chi connectivity index (χ1v) is 6.82. The van der Waals surface area contributed by atoms with Crippen molar-refractivity contribution in [3.63, 3.8) is 0 Å². The van der Waals surface area contributed by atoms with E-state index in [1.807, 2.05) is 0 Å². The quantitative estimate of drug-likeness (QED) is 0.826. The molecule has 3 nitrogen and oxygen atoms in total. The van der Waals surface area contributed by atoms with Gasteiger partial charge in [-0.05, 0) is 31.4 Å². The molecule has 4 heteroatoms. The monoisotopic (exact) mass is 266 g/mol. The van der Waals surface area contributed by atoms with Crippen molar-refractivity contribution < 1.29 is 9.18 Å². The third-order valence-corrected chi connectivity index (χ3v) is 3.92. The van der Waals surface area contributed by atoms with Gasteiger partial charge >= 0.3 is 0 Å². The number of hydrogen-bond donors (Lipinski definition) is 2. The number of carbonyl (C=O) groups excluding carboxylic acids is 1. The minimum atomic E-state index is -0.412. The van der Waals surface area contributed by atoms with Crippen LogP contribution in [0, 0.1) is 5.82 Å². The predicted molar refractivity (Wildman–Crippen MR) is 77.0 cm³/mol. The molecule has 2 N–H and O–H groups in total. The molecule has 0 aliphatic rings. The second-order valence-corrected chi connectivity index (χ2v) is 4.71. The fourth-order valence-electron chi connectivity index (χ4n) is 2.29. The summed E-state index contributed by atoms with van der Waals surface area (Å²) in [5.74, 6) is -0.639. The molecule has 1 amide bonds. The average Bonchev–Trinajstić information content (AvgIpc) is 2.44. The molecule has 0 heterocycles. The van der Waals surface area contributed by atoms with Crippen molar-refractivity contribution in [2.24, 2.45) is 0 Å². The van der Waals surface area contributed by atoms with E-state index in [4.69, 9.17) is 0 Å². The number of halogens is 1. The molecule has 0 fully saturated rings. The van der Waals surface area contributed by atoms with Crippen LogP contribution in [0.1, 0.15) is 50.4 Å². The Kier molecular flexibility index (Phi) is 5.33. The Bertz CT molecular complexity index is 434. The van der Waals surface area contributed by atoms with Crippen molar-refractivity contribution in [1.82, 2.24) is 5.32 Å². The van der Waals surface area contributed by atoms with E-state index < -0.39 is 5.82 Å². The second-order valence-electron chi connectivity index (χ2n) is 4.71. The second kappa shape index (κ2) is 6.55. The third-order valence-electron chi connectivity index (χ3n) is 3.92. The van der Waals surface area contributed by atoms with Gasteiger partial charge in [0.1, 0.15) is 5.82 Å². The fraction of sp³-hybridized carbons (Fsp3) is 0.533. The van der Waals surface area contributed by atoms with Gasteiger partial charge in [0.15, 0.2) is 0 Å². The van der Waals surface area contributed by atoms with E-state index in [1.54, 1.807) is 19.2 Å². The SMILES string of the molecule is CCC(CC)(CC)NC(=O)c1cccc(F)c1NC. The summed E-state index contributed by atoms with van der Waals surface area (Å²) in [6.07, 6.45) is 2.57. The van der Waals surface area contributed by atoms with Crippen LogP contribution in [0.25, 0.3) is 0 Å². The van der Waals surface area contributed by atoms with Gasteiger partial charge in [0, 0.05) is 12.6 Å². The molecule has 0 atom stereocenters. The van der Waals surface area contributed by atoms with E-state index in [0.29, 0.717) is 5.56 Å². The zero-order valence-electron chi connectivity index (χ0n) is 12.1. The Labute approximate surface area is 114 Å². The van der Waals surface area contributed by atoms with E-state index in [2.05, 4.69) is 31.4 Å². The number of carbonyl (C=O) groups is 1. The summed E-state index contributed by atoms with van der Waals surface area (Å²) in [6.45, 7) is 6.16. The molecule has 1 rings (SSSR count). The van der Waals surface area contributed by atoms with Gasteiger partial charge in [-0.1, -0.05) is 26.8 Å². The highest BCUT2D eigenvalue weighted by molar-refractivity contribution is 6.00. The maximum absolute atomic E-state index is 13.6. The molecule has 0 spiro atoms. The minimum Gasteiger partial charge on any atom is -0.385 e. The lowest BCUT2D eigenvalue weighted by Crippen LogP contribution is -2.47. The number of hydrogen-bond acceptors (Lipinski definition) is 2. The highest BCUT2D eigenvalue weighted by Gasteiger charge is 2.27.